The van der Waals surface area contributed by atoms with Gasteiger partial charge < -0.3 is 4.74 Å². The molecule has 0 atom stereocenters. The number of carbonyl (C=O) groups is 1. The second kappa shape index (κ2) is 10.3. The van der Waals surface area contributed by atoms with Crippen molar-refractivity contribution in [3.8, 4) is 5.75 Å². The third-order valence-electron chi connectivity index (χ3n) is 4.09. The number of hydrazone groups is 1. The first-order chi connectivity index (χ1) is 14.8. The maximum Gasteiger partial charge on any atom is 0.271 e. The zero-order valence-electron chi connectivity index (χ0n) is 15.7. The molecule has 0 saturated carbocycles. The number of nitrogens with one attached hydrogen (secondary N) is 1. The minimum absolute atomic E-state index is 0.132. The lowest BCUT2D eigenvalue weighted by atomic mass is 10.2. The Kier molecular flexibility index (Phi) is 7.46. The van der Waals surface area contributed by atoms with Crippen LogP contribution in [0.25, 0.3) is 0 Å². The van der Waals surface area contributed by atoms with Gasteiger partial charge in [0.2, 0.25) is 0 Å². The van der Waals surface area contributed by atoms with E-state index in [-0.39, 0.29) is 17.3 Å². The van der Waals surface area contributed by atoms with Crippen LogP contribution in [0, 0.1) is 10.1 Å². The Morgan fingerprint density at radius 3 is 2.45 bits per heavy atom. The van der Waals surface area contributed by atoms with Gasteiger partial charge in [-0.2, -0.15) is 5.10 Å². The van der Waals surface area contributed by atoms with Gasteiger partial charge in [0.1, 0.15) is 12.4 Å². The Bertz CT molecular complexity index is 1150. The average molecular weight is 479 g/mol. The molecule has 0 aliphatic carbocycles. The Morgan fingerprint density at radius 2 is 1.77 bits per heavy atom. The molecule has 3 aromatic carbocycles. The van der Waals surface area contributed by atoms with Gasteiger partial charge in [0.05, 0.1) is 11.1 Å². The van der Waals surface area contributed by atoms with Gasteiger partial charge >= 0.3 is 0 Å². The van der Waals surface area contributed by atoms with Gasteiger partial charge in [-0.1, -0.05) is 40.9 Å². The molecule has 0 heterocycles. The van der Waals surface area contributed by atoms with E-state index in [0.29, 0.717) is 26.9 Å². The van der Waals surface area contributed by atoms with E-state index in [1.807, 2.05) is 0 Å². The van der Waals surface area contributed by atoms with Crippen molar-refractivity contribution in [1.82, 2.24) is 5.43 Å². The quantitative estimate of drug-likeness (QED) is 0.260. The van der Waals surface area contributed by atoms with Crippen molar-refractivity contribution in [1.29, 1.82) is 0 Å². The Hall–Kier alpha value is -3.13. The number of nitro benzene ring substituents is 1. The van der Waals surface area contributed by atoms with E-state index in [4.69, 9.17) is 39.5 Å². The number of hydrogen-bond donors (Lipinski definition) is 1. The van der Waals surface area contributed by atoms with Gasteiger partial charge in [-0.25, -0.2) is 5.43 Å². The van der Waals surface area contributed by atoms with Crippen LogP contribution in [0.5, 0.6) is 5.75 Å². The third kappa shape index (κ3) is 6.18. The molecule has 1 amide bonds. The number of carbonyl (C=O) groups excluding carboxylic acids is 1. The van der Waals surface area contributed by atoms with E-state index in [9.17, 15) is 14.9 Å². The molecule has 0 aromatic heterocycles. The van der Waals surface area contributed by atoms with Crippen LogP contribution in [0.1, 0.15) is 21.5 Å². The van der Waals surface area contributed by atoms with Crippen molar-refractivity contribution >= 4 is 52.6 Å². The van der Waals surface area contributed by atoms with E-state index in [2.05, 4.69) is 10.5 Å². The third-order valence-corrected chi connectivity index (χ3v) is 5.02. The molecule has 0 spiro atoms. The SMILES string of the molecule is O=C(N/N=C\c1cc([N+](=O)[O-])ccc1Cl)c1ccc(OCc2ccc(Cl)cc2Cl)cc1. The van der Waals surface area contributed by atoms with Crippen LogP contribution in [0.3, 0.4) is 0 Å². The summed E-state index contributed by atoms with van der Waals surface area (Å²) in [7, 11) is 0. The standard InChI is InChI=1S/C21H14Cl3N3O4/c22-16-4-1-14(20(24)10-16)12-31-18-6-2-13(3-7-18)21(28)26-25-11-15-9-17(27(29)30)5-8-19(15)23/h1-11H,12H2,(H,26,28)/b25-11-. The van der Waals surface area contributed by atoms with Gasteiger partial charge in [-0.3, -0.25) is 14.9 Å². The van der Waals surface area contributed by atoms with Gasteiger partial charge in [-0.05, 0) is 42.5 Å². The van der Waals surface area contributed by atoms with E-state index < -0.39 is 10.8 Å². The maximum absolute atomic E-state index is 12.2. The number of amides is 1. The van der Waals surface area contributed by atoms with E-state index in [0.717, 1.165) is 5.56 Å². The number of non-ortho nitro benzene ring substituents is 1. The van der Waals surface area contributed by atoms with Gasteiger partial charge in [-0.15, -0.1) is 0 Å². The van der Waals surface area contributed by atoms with Crippen molar-refractivity contribution in [3.05, 3.63) is 103 Å². The highest BCUT2D eigenvalue weighted by molar-refractivity contribution is 6.35. The lowest BCUT2D eigenvalue weighted by molar-refractivity contribution is -0.384. The normalized spacial score (nSPS) is 10.8. The van der Waals surface area contributed by atoms with E-state index >= 15 is 0 Å². The Morgan fingerprint density at radius 1 is 1.03 bits per heavy atom. The summed E-state index contributed by atoms with van der Waals surface area (Å²) in [4.78, 5) is 22.5. The molecule has 3 aromatic rings. The molecule has 0 bridgehead atoms. The van der Waals surface area contributed by atoms with Crippen LogP contribution in [-0.4, -0.2) is 17.0 Å². The predicted molar refractivity (Wildman–Crippen MR) is 120 cm³/mol. The van der Waals surface area contributed by atoms with Crippen LogP contribution >= 0.6 is 34.8 Å². The first-order valence-corrected chi connectivity index (χ1v) is 9.91. The number of ether oxygens (including phenoxy) is 1. The molecular formula is C21H14Cl3N3O4. The zero-order valence-corrected chi connectivity index (χ0v) is 18.0. The van der Waals surface area contributed by atoms with Crippen molar-refractivity contribution in [3.63, 3.8) is 0 Å². The molecule has 0 radical (unpaired) electrons. The molecule has 10 heteroatoms. The molecule has 7 nitrogen and oxygen atoms in total. The van der Waals surface area contributed by atoms with Crippen molar-refractivity contribution in [2.45, 2.75) is 6.61 Å². The van der Waals surface area contributed by atoms with Crippen molar-refractivity contribution in [2.24, 2.45) is 5.10 Å². The molecule has 158 valence electrons. The lowest BCUT2D eigenvalue weighted by Gasteiger charge is -2.08. The molecule has 0 aliphatic heterocycles. The first-order valence-electron chi connectivity index (χ1n) is 8.77. The Labute approximate surface area is 192 Å². The molecular weight excluding hydrogens is 465 g/mol. The van der Waals surface area contributed by atoms with Crippen LogP contribution in [0.15, 0.2) is 65.8 Å². The highest BCUT2D eigenvalue weighted by Crippen LogP contribution is 2.23. The summed E-state index contributed by atoms with van der Waals surface area (Å²) < 4.78 is 5.67. The number of rotatable bonds is 7. The van der Waals surface area contributed by atoms with Crippen molar-refractivity contribution < 1.29 is 14.5 Å². The fourth-order valence-corrected chi connectivity index (χ4v) is 3.10. The van der Waals surface area contributed by atoms with Crippen LogP contribution in [-0.2, 0) is 6.61 Å². The van der Waals surface area contributed by atoms with E-state index in [1.54, 1.807) is 42.5 Å². The van der Waals surface area contributed by atoms with Gasteiger partial charge in [0.25, 0.3) is 11.6 Å². The fourth-order valence-electron chi connectivity index (χ4n) is 2.47. The smallest absolute Gasteiger partial charge is 0.271 e. The number of halogens is 3. The molecule has 0 fully saturated rings. The predicted octanol–water partition coefficient (Wildman–Crippen LogP) is 5.90. The molecule has 0 saturated heterocycles. The summed E-state index contributed by atoms with van der Waals surface area (Å²) in [5, 5.41) is 16.0. The summed E-state index contributed by atoms with van der Waals surface area (Å²) in [6, 6.07) is 15.5. The molecule has 1 N–H and O–H groups in total. The van der Waals surface area contributed by atoms with Gasteiger partial charge in [0.15, 0.2) is 0 Å². The lowest BCUT2D eigenvalue weighted by Crippen LogP contribution is -2.17. The fraction of sp³-hybridized carbons (Fsp3) is 0.0476. The molecule has 3 rings (SSSR count). The summed E-state index contributed by atoms with van der Waals surface area (Å²) in [6.07, 6.45) is 1.24. The molecule has 0 unspecified atom stereocenters. The number of benzene rings is 3. The van der Waals surface area contributed by atoms with E-state index in [1.165, 1.54) is 24.4 Å². The molecule has 0 aliphatic rings. The Balaban J connectivity index is 1.58. The number of nitrogens with zero attached hydrogens (tertiary/aromatic N) is 2. The maximum atomic E-state index is 12.2. The first kappa shape index (κ1) is 22.6. The summed E-state index contributed by atoms with van der Waals surface area (Å²) >= 11 is 18.0. The summed E-state index contributed by atoms with van der Waals surface area (Å²) in [5.41, 5.74) is 3.65. The summed E-state index contributed by atoms with van der Waals surface area (Å²) in [6.45, 7) is 0.246. The minimum atomic E-state index is -0.545. The van der Waals surface area contributed by atoms with Crippen LogP contribution in [0.4, 0.5) is 5.69 Å². The highest BCUT2D eigenvalue weighted by atomic mass is 35.5. The minimum Gasteiger partial charge on any atom is -0.489 e. The monoisotopic (exact) mass is 477 g/mol. The summed E-state index contributed by atoms with van der Waals surface area (Å²) in [5.74, 6) is 0.0829. The second-order valence-electron chi connectivity index (χ2n) is 6.21. The largest absolute Gasteiger partial charge is 0.489 e. The number of nitro groups is 1. The van der Waals surface area contributed by atoms with Crippen molar-refractivity contribution in [2.75, 3.05) is 0 Å². The topological polar surface area (TPSA) is 93.8 Å². The molecule has 31 heavy (non-hydrogen) atoms. The second-order valence-corrected chi connectivity index (χ2v) is 7.46. The average Bonchev–Trinajstić information content (AvgIpc) is 2.74. The number of hydrogen-bond acceptors (Lipinski definition) is 5. The van der Waals surface area contributed by atoms with Gasteiger partial charge in [0, 0.05) is 43.9 Å². The highest BCUT2D eigenvalue weighted by Gasteiger charge is 2.09. The van der Waals surface area contributed by atoms with Crippen LogP contribution < -0.4 is 10.2 Å². The zero-order chi connectivity index (χ0) is 22.4. The van der Waals surface area contributed by atoms with Crippen LogP contribution in [0.2, 0.25) is 15.1 Å².